The average Bonchev–Trinajstić information content (AvgIpc) is 2.14. The Labute approximate surface area is 106 Å². The first-order chi connectivity index (χ1) is 7.82. The highest BCUT2D eigenvalue weighted by Gasteiger charge is 2.20. The second-order valence-corrected chi connectivity index (χ2v) is 5.85. The summed E-state index contributed by atoms with van der Waals surface area (Å²) in [6.45, 7) is 13.3. The van der Waals surface area contributed by atoms with Crippen molar-refractivity contribution in [2.24, 2.45) is 17.6 Å². The number of hydrogen-bond donors (Lipinski definition) is 1. The Bertz CT molecular complexity index is 346. The van der Waals surface area contributed by atoms with Crippen LogP contribution in [-0.4, -0.2) is 6.04 Å². The quantitative estimate of drug-likeness (QED) is 0.841. The molecule has 1 rings (SSSR count). The molecule has 0 saturated heterocycles. The topological polar surface area (TPSA) is 26.0 Å². The van der Waals surface area contributed by atoms with E-state index in [4.69, 9.17) is 5.73 Å². The molecule has 17 heavy (non-hydrogen) atoms. The van der Waals surface area contributed by atoms with Crippen LogP contribution in [0.1, 0.15) is 43.0 Å². The van der Waals surface area contributed by atoms with E-state index in [2.05, 4.69) is 53.7 Å². The molecule has 1 aromatic rings. The first-order valence-corrected chi connectivity index (χ1v) is 6.65. The molecule has 2 unspecified atom stereocenters. The van der Waals surface area contributed by atoms with E-state index < -0.39 is 0 Å². The number of aryl methyl sites for hydroxylation is 3. The fourth-order valence-corrected chi connectivity index (χ4v) is 2.80. The molecule has 0 aliphatic heterocycles. The molecule has 0 saturated carbocycles. The summed E-state index contributed by atoms with van der Waals surface area (Å²) in [4.78, 5) is 0. The van der Waals surface area contributed by atoms with Crippen LogP contribution in [0.5, 0.6) is 0 Å². The summed E-state index contributed by atoms with van der Waals surface area (Å²) < 4.78 is 0. The van der Waals surface area contributed by atoms with Gasteiger partial charge in [-0.15, -0.1) is 0 Å². The highest BCUT2D eigenvalue weighted by atomic mass is 14.6. The van der Waals surface area contributed by atoms with Gasteiger partial charge in [-0.25, -0.2) is 0 Å². The van der Waals surface area contributed by atoms with Crippen LogP contribution >= 0.6 is 0 Å². The Morgan fingerprint density at radius 1 is 1.00 bits per heavy atom. The third kappa shape index (κ3) is 3.57. The summed E-state index contributed by atoms with van der Waals surface area (Å²) in [5.41, 5.74) is 11.8. The van der Waals surface area contributed by atoms with Gasteiger partial charge in [0.1, 0.15) is 0 Å². The molecule has 1 heteroatoms. The van der Waals surface area contributed by atoms with Crippen molar-refractivity contribution < 1.29 is 0 Å². The summed E-state index contributed by atoms with van der Waals surface area (Å²) in [5, 5.41) is 0. The van der Waals surface area contributed by atoms with Crippen LogP contribution in [0.3, 0.4) is 0 Å². The van der Waals surface area contributed by atoms with Crippen molar-refractivity contribution in [2.45, 2.75) is 54.0 Å². The maximum absolute atomic E-state index is 6.12. The van der Waals surface area contributed by atoms with Gasteiger partial charge >= 0.3 is 0 Å². The van der Waals surface area contributed by atoms with Gasteiger partial charge in [0.25, 0.3) is 0 Å². The summed E-state index contributed by atoms with van der Waals surface area (Å²) in [5.74, 6) is 1.20. The van der Waals surface area contributed by atoms with Crippen LogP contribution in [0.15, 0.2) is 12.1 Å². The SMILES string of the molecule is Cc1cc(C)c(CC(C(C)C)C(C)N)c(C)c1. The van der Waals surface area contributed by atoms with Crippen LogP contribution in [0.25, 0.3) is 0 Å². The van der Waals surface area contributed by atoms with Gasteiger partial charge < -0.3 is 5.73 Å². The standard InChI is InChI=1S/C16H27N/c1-10(2)15(14(6)17)9-16-12(4)7-11(3)8-13(16)5/h7-8,10,14-15H,9,17H2,1-6H3. The molecule has 0 amide bonds. The number of benzene rings is 1. The lowest BCUT2D eigenvalue weighted by atomic mass is 9.82. The van der Waals surface area contributed by atoms with E-state index >= 15 is 0 Å². The van der Waals surface area contributed by atoms with Crippen LogP contribution < -0.4 is 5.73 Å². The molecule has 0 spiro atoms. The molecule has 0 aliphatic rings. The van der Waals surface area contributed by atoms with Crippen molar-refractivity contribution in [3.8, 4) is 0 Å². The minimum Gasteiger partial charge on any atom is -0.328 e. The van der Waals surface area contributed by atoms with Gasteiger partial charge in [0.15, 0.2) is 0 Å². The van der Waals surface area contributed by atoms with E-state index in [9.17, 15) is 0 Å². The van der Waals surface area contributed by atoms with E-state index in [1.54, 1.807) is 0 Å². The Morgan fingerprint density at radius 3 is 1.82 bits per heavy atom. The molecule has 0 fully saturated rings. The molecular formula is C16H27N. The molecule has 1 nitrogen and oxygen atoms in total. The van der Waals surface area contributed by atoms with E-state index in [1.165, 1.54) is 22.3 Å². The fraction of sp³-hybridized carbons (Fsp3) is 0.625. The summed E-state index contributed by atoms with van der Waals surface area (Å²) in [6, 6.07) is 4.82. The number of rotatable bonds is 4. The first-order valence-electron chi connectivity index (χ1n) is 6.65. The maximum Gasteiger partial charge on any atom is 0.00443 e. The second kappa shape index (κ2) is 5.68. The van der Waals surface area contributed by atoms with E-state index in [0.717, 1.165) is 6.42 Å². The van der Waals surface area contributed by atoms with Crippen molar-refractivity contribution >= 4 is 0 Å². The zero-order valence-corrected chi connectivity index (χ0v) is 12.2. The summed E-state index contributed by atoms with van der Waals surface area (Å²) in [7, 11) is 0. The average molecular weight is 233 g/mol. The maximum atomic E-state index is 6.12. The van der Waals surface area contributed by atoms with Crippen molar-refractivity contribution in [1.29, 1.82) is 0 Å². The molecule has 0 radical (unpaired) electrons. The molecule has 2 N–H and O–H groups in total. The van der Waals surface area contributed by atoms with Crippen LogP contribution in [0.4, 0.5) is 0 Å². The lowest BCUT2D eigenvalue weighted by Crippen LogP contribution is -2.32. The zero-order valence-electron chi connectivity index (χ0n) is 12.2. The molecular weight excluding hydrogens is 206 g/mol. The fourth-order valence-electron chi connectivity index (χ4n) is 2.80. The third-order valence-corrected chi connectivity index (χ3v) is 3.81. The van der Waals surface area contributed by atoms with Gasteiger partial charge in [0, 0.05) is 6.04 Å². The largest absolute Gasteiger partial charge is 0.328 e. The molecule has 0 bridgehead atoms. The Hall–Kier alpha value is -0.820. The summed E-state index contributed by atoms with van der Waals surface area (Å²) >= 11 is 0. The van der Waals surface area contributed by atoms with E-state index in [-0.39, 0.29) is 6.04 Å². The minimum atomic E-state index is 0.259. The van der Waals surface area contributed by atoms with Crippen molar-refractivity contribution in [3.63, 3.8) is 0 Å². The van der Waals surface area contributed by atoms with Gasteiger partial charge in [-0.3, -0.25) is 0 Å². The number of nitrogens with two attached hydrogens (primary N) is 1. The molecule has 1 aromatic carbocycles. The molecule has 0 aromatic heterocycles. The van der Waals surface area contributed by atoms with Crippen molar-refractivity contribution in [2.75, 3.05) is 0 Å². The van der Waals surface area contributed by atoms with Crippen molar-refractivity contribution in [3.05, 3.63) is 34.4 Å². The normalized spacial score (nSPS) is 15.1. The van der Waals surface area contributed by atoms with E-state index in [0.29, 0.717) is 11.8 Å². The van der Waals surface area contributed by atoms with Gasteiger partial charge in [-0.1, -0.05) is 31.5 Å². The van der Waals surface area contributed by atoms with Crippen LogP contribution in [0, 0.1) is 32.6 Å². The Balaban J connectivity index is 3.01. The summed E-state index contributed by atoms with van der Waals surface area (Å²) in [6.07, 6.45) is 1.10. The lowest BCUT2D eigenvalue weighted by molar-refractivity contribution is 0.329. The molecule has 0 aliphatic carbocycles. The second-order valence-electron chi connectivity index (χ2n) is 5.85. The third-order valence-electron chi connectivity index (χ3n) is 3.81. The molecule has 2 atom stereocenters. The first kappa shape index (κ1) is 14.2. The monoisotopic (exact) mass is 233 g/mol. The minimum absolute atomic E-state index is 0.259. The van der Waals surface area contributed by atoms with Gasteiger partial charge in [-0.05, 0) is 62.6 Å². The van der Waals surface area contributed by atoms with Crippen molar-refractivity contribution in [1.82, 2.24) is 0 Å². The van der Waals surface area contributed by atoms with Crippen LogP contribution in [-0.2, 0) is 6.42 Å². The smallest absolute Gasteiger partial charge is 0.00443 e. The van der Waals surface area contributed by atoms with Crippen LogP contribution in [0.2, 0.25) is 0 Å². The Morgan fingerprint density at radius 2 is 1.47 bits per heavy atom. The predicted octanol–water partition coefficient (Wildman–Crippen LogP) is 3.77. The zero-order chi connectivity index (χ0) is 13.2. The van der Waals surface area contributed by atoms with Gasteiger partial charge in [0.2, 0.25) is 0 Å². The highest BCUT2D eigenvalue weighted by Crippen LogP contribution is 2.25. The lowest BCUT2D eigenvalue weighted by Gasteiger charge is -2.26. The number of hydrogen-bond acceptors (Lipinski definition) is 1. The van der Waals surface area contributed by atoms with Gasteiger partial charge in [0.05, 0.1) is 0 Å². The molecule has 0 heterocycles. The van der Waals surface area contributed by atoms with E-state index in [1.807, 2.05) is 0 Å². The highest BCUT2D eigenvalue weighted by molar-refractivity contribution is 5.37. The molecule has 96 valence electrons. The van der Waals surface area contributed by atoms with Gasteiger partial charge in [-0.2, -0.15) is 0 Å². The Kier molecular flexibility index (Phi) is 4.76. The predicted molar refractivity (Wildman–Crippen MR) is 76.3 cm³/mol.